The fraction of sp³-hybridized carbons (Fsp3) is 0.308. The molecule has 0 unspecified atom stereocenters. The van der Waals surface area contributed by atoms with Crippen LogP contribution in [0, 0.1) is 13.8 Å². The Kier molecular flexibility index (Phi) is 3.77. The normalized spacial score (nSPS) is 10.6. The largest absolute Gasteiger partial charge is 0.368 e. The van der Waals surface area contributed by atoms with Crippen molar-refractivity contribution < 1.29 is 0 Å². The van der Waals surface area contributed by atoms with Crippen LogP contribution in [-0.2, 0) is 12.3 Å². The van der Waals surface area contributed by atoms with E-state index in [9.17, 15) is 0 Å². The van der Waals surface area contributed by atoms with E-state index < -0.39 is 0 Å². The molecular weight excluding hydrogens is 248 g/mol. The molecule has 5 heteroatoms. The first-order valence-electron chi connectivity index (χ1n) is 5.70. The maximum Gasteiger partial charge on any atom is 0.223 e. The van der Waals surface area contributed by atoms with E-state index in [1.807, 2.05) is 0 Å². The Morgan fingerprint density at radius 2 is 1.78 bits per heavy atom. The highest BCUT2D eigenvalue weighted by Gasteiger charge is 2.05. The van der Waals surface area contributed by atoms with Crippen molar-refractivity contribution in [3.63, 3.8) is 0 Å². The molecule has 0 aliphatic carbocycles. The van der Waals surface area contributed by atoms with Gasteiger partial charge < -0.3 is 5.73 Å². The topological polar surface area (TPSA) is 64.7 Å². The second-order valence-electron chi connectivity index (χ2n) is 4.26. The highest BCUT2D eigenvalue weighted by atomic mass is 35.5. The molecule has 0 saturated heterocycles. The molecule has 0 amide bonds. The van der Waals surface area contributed by atoms with Crippen molar-refractivity contribution in [3.05, 3.63) is 46.5 Å². The first kappa shape index (κ1) is 12.8. The second-order valence-corrected chi connectivity index (χ2v) is 4.52. The maximum atomic E-state index is 5.71. The van der Waals surface area contributed by atoms with Crippen LogP contribution in [-0.4, -0.2) is 15.0 Å². The lowest BCUT2D eigenvalue weighted by Gasteiger charge is -2.06. The number of nitrogens with zero attached hydrogens (tertiary/aromatic N) is 3. The van der Waals surface area contributed by atoms with Gasteiger partial charge in [-0.2, -0.15) is 9.97 Å². The number of aryl methyl sites for hydroxylation is 2. The zero-order valence-corrected chi connectivity index (χ0v) is 11.2. The average Bonchev–Trinajstić information content (AvgIpc) is 2.33. The zero-order valence-electron chi connectivity index (χ0n) is 10.4. The lowest BCUT2D eigenvalue weighted by Crippen LogP contribution is -2.07. The third-order valence-electron chi connectivity index (χ3n) is 2.80. The molecule has 1 aromatic heterocycles. The fourth-order valence-electron chi connectivity index (χ4n) is 1.72. The van der Waals surface area contributed by atoms with Gasteiger partial charge in [0.1, 0.15) is 11.6 Å². The van der Waals surface area contributed by atoms with Gasteiger partial charge in [0.25, 0.3) is 0 Å². The minimum atomic E-state index is 0.222. The van der Waals surface area contributed by atoms with E-state index in [0.717, 1.165) is 5.56 Å². The summed E-state index contributed by atoms with van der Waals surface area (Å²) < 4.78 is 0. The number of anilines is 1. The monoisotopic (exact) mass is 262 g/mol. The van der Waals surface area contributed by atoms with Gasteiger partial charge in [-0.15, -0.1) is 11.6 Å². The van der Waals surface area contributed by atoms with Crippen LogP contribution in [0.2, 0.25) is 0 Å². The van der Waals surface area contributed by atoms with Crippen LogP contribution in [0.5, 0.6) is 0 Å². The lowest BCUT2D eigenvalue weighted by molar-refractivity contribution is 0.880. The van der Waals surface area contributed by atoms with Gasteiger partial charge in [0.05, 0.1) is 5.88 Å². The molecule has 4 nitrogen and oxygen atoms in total. The van der Waals surface area contributed by atoms with Crippen LogP contribution in [0.1, 0.15) is 28.3 Å². The smallest absolute Gasteiger partial charge is 0.223 e. The molecule has 18 heavy (non-hydrogen) atoms. The van der Waals surface area contributed by atoms with E-state index in [0.29, 0.717) is 18.1 Å². The number of nitrogen functional groups attached to an aromatic ring is 1. The Morgan fingerprint density at radius 1 is 1.06 bits per heavy atom. The molecule has 0 fully saturated rings. The summed E-state index contributed by atoms with van der Waals surface area (Å²) in [6, 6.07) is 6.30. The Labute approximate surface area is 111 Å². The van der Waals surface area contributed by atoms with Crippen molar-refractivity contribution in [1.29, 1.82) is 0 Å². The minimum absolute atomic E-state index is 0.222. The zero-order chi connectivity index (χ0) is 13.1. The lowest BCUT2D eigenvalue weighted by atomic mass is 10.0. The van der Waals surface area contributed by atoms with Crippen LogP contribution in [0.25, 0.3) is 0 Å². The van der Waals surface area contributed by atoms with Crippen LogP contribution in [0.3, 0.4) is 0 Å². The van der Waals surface area contributed by atoms with Gasteiger partial charge in [-0.05, 0) is 30.5 Å². The molecule has 0 spiro atoms. The average molecular weight is 263 g/mol. The van der Waals surface area contributed by atoms with Crippen molar-refractivity contribution in [2.75, 3.05) is 5.73 Å². The molecule has 2 N–H and O–H groups in total. The number of benzene rings is 1. The first-order chi connectivity index (χ1) is 8.58. The molecule has 0 radical (unpaired) electrons. The summed E-state index contributed by atoms with van der Waals surface area (Å²) >= 11 is 5.71. The molecule has 2 rings (SSSR count). The Hall–Kier alpha value is -1.68. The van der Waals surface area contributed by atoms with E-state index in [1.165, 1.54) is 11.1 Å². The number of aromatic nitrogens is 3. The van der Waals surface area contributed by atoms with Gasteiger partial charge in [0.15, 0.2) is 0 Å². The van der Waals surface area contributed by atoms with Gasteiger partial charge in [0, 0.05) is 6.42 Å². The molecule has 1 aromatic carbocycles. The Balaban J connectivity index is 2.27. The number of alkyl halides is 1. The van der Waals surface area contributed by atoms with Crippen LogP contribution < -0.4 is 5.73 Å². The minimum Gasteiger partial charge on any atom is -0.368 e. The molecule has 0 aliphatic heterocycles. The standard InChI is InChI=1S/C13H15ClN4/c1-8-3-4-10(5-9(8)2)6-11-16-12(7-14)18-13(15)17-11/h3-5H,6-7H2,1-2H3,(H2,15,16,17,18). The quantitative estimate of drug-likeness (QED) is 0.863. The summed E-state index contributed by atoms with van der Waals surface area (Å²) in [6.45, 7) is 4.18. The predicted molar refractivity (Wildman–Crippen MR) is 72.5 cm³/mol. The van der Waals surface area contributed by atoms with E-state index in [4.69, 9.17) is 17.3 Å². The molecule has 0 bridgehead atoms. The van der Waals surface area contributed by atoms with Crippen molar-refractivity contribution in [1.82, 2.24) is 15.0 Å². The van der Waals surface area contributed by atoms with Gasteiger partial charge in [-0.3, -0.25) is 0 Å². The number of nitrogens with two attached hydrogens (primary N) is 1. The number of rotatable bonds is 3. The number of halogens is 1. The molecule has 2 aromatic rings. The molecule has 0 aliphatic rings. The summed E-state index contributed by atoms with van der Waals surface area (Å²) in [6.07, 6.45) is 0.637. The highest BCUT2D eigenvalue weighted by molar-refractivity contribution is 6.16. The molecule has 94 valence electrons. The molecular formula is C13H15ClN4. The van der Waals surface area contributed by atoms with Crippen molar-refractivity contribution in [3.8, 4) is 0 Å². The van der Waals surface area contributed by atoms with Crippen LogP contribution in [0.15, 0.2) is 18.2 Å². The first-order valence-corrected chi connectivity index (χ1v) is 6.23. The summed E-state index contributed by atoms with van der Waals surface area (Å²) in [5, 5.41) is 0. The number of hydrogen-bond donors (Lipinski definition) is 1. The van der Waals surface area contributed by atoms with Crippen LogP contribution >= 0.6 is 11.6 Å². The van der Waals surface area contributed by atoms with Gasteiger partial charge >= 0.3 is 0 Å². The second kappa shape index (κ2) is 5.31. The van der Waals surface area contributed by atoms with Crippen LogP contribution in [0.4, 0.5) is 5.95 Å². The summed E-state index contributed by atoms with van der Waals surface area (Å²) in [7, 11) is 0. The van der Waals surface area contributed by atoms with Crippen molar-refractivity contribution in [2.45, 2.75) is 26.1 Å². The van der Waals surface area contributed by atoms with Gasteiger partial charge in [-0.25, -0.2) is 4.98 Å². The maximum absolute atomic E-state index is 5.71. The SMILES string of the molecule is Cc1ccc(Cc2nc(N)nc(CCl)n2)cc1C. The third kappa shape index (κ3) is 2.96. The molecule has 1 heterocycles. The third-order valence-corrected chi connectivity index (χ3v) is 3.04. The van der Waals surface area contributed by atoms with E-state index in [2.05, 4.69) is 47.0 Å². The fourth-order valence-corrected chi connectivity index (χ4v) is 1.84. The molecule has 0 atom stereocenters. The molecule has 0 saturated carbocycles. The van der Waals surface area contributed by atoms with Crippen molar-refractivity contribution in [2.24, 2.45) is 0 Å². The van der Waals surface area contributed by atoms with E-state index in [-0.39, 0.29) is 11.8 Å². The van der Waals surface area contributed by atoms with E-state index >= 15 is 0 Å². The summed E-state index contributed by atoms with van der Waals surface area (Å²) in [5.74, 6) is 1.64. The summed E-state index contributed by atoms with van der Waals surface area (Å²) in [5.41, 5.74) is 9.31. The highest BCUT2D eigenvalue weighted by Crippen LogP contribution is 2.13. The van der Waals surface area contributed by atoms with Gasteiger partial charge in [-0.1, -0.05) is 18.2 Å². The van der Waals surface area contributed by atoms with Crippen molar-refractivity contribution >= 4 is 17.5 Å². The summed E-state index contributed by atoms with van der Waals surface area (Å²) in [4.78, 5) is 12.3. The van der Waals surface area contributed by atoms with Gasteiger partial charge in [0.2, 0.25) is 5.95 Å². The Morgan fingerprint density at radius 3 is 2.44 bits per heavy atom. The van der Waals surface area contributed by atoms with E-state index in [1.54, 1.807) is 0 Å². The predicted octanol–water partition coefficient (Wildman–Crippen LogP) is 2.40. The number of hydrogen-bond acceptors (Lipinski definition) is 4. The Bertz CT molecular complexity index is 569.